The molecule has 0 fully saturated rings. The third kappa shape index (κ3) is 4.10. The third-order valence-corrected chi connectivity index (χ3v) is 2.96. The summed E-state index contributed by atoms with van der Waals surface area (Å²) in [7, 11) is 0. The quantitative estimate of drug-likeness (QED) is 0.739. The van der Waals surface area contributed by atoms with Crippen LogP contribution in [0, 0.1) is 0 Å². The third-order valence-electron chi connectivity index (χ3n) is 2.43. The molecule has 0 unspecified atom stereocenters. The molecule has 20 heavy (non-hydrogen) atoms. The second-order valence-corrected chi connectivity index (χ2v) is 4.82. The Balaban J connectivity index is 1.84. The van der Waals surface area contributed by atoms with Crippen LogP contribution in [0.5, 0.6) is 0 Å². The smallest absolute Gasteiger partial charge is 0.307 e. The fourth-order valence-corrected chi connectivity index (χ4v) is 1.74. The highest BCUT2D eigenvalue weighted by molar-refractivity contribution is 9.10. The molecule has 0 radical (unpaired) electrons. The van der Waals surface area contributed by atoms with Crippen LogP contribution in [0.3, 0.4) is 0 Å². The van der Waals surface area contributed by atoms with Gasteiger partial charge >= 0.3 is 6.03 Å². The Hall–Kier alpha value is -2.34. The Kier molecular flexibility index (Phi) is 4.73. The summed E-state index contributed by atoms with van der Waals surface area (Å²) < 4.78 is 0.879. The average Bonchev–Trinajstić information content (AvgIpc) is 2.46. The van der Waals surface area contributed by atoms with Gasteiger partial charge in [0.1, 0.15) is 0 Å². The van der Waals surface area contributed by atoms with Gasteiger partial charge in [0.2, 0.25) is 0 Å². The second-order valence-electron chi connectivity index (χ2n) is 3.91. The first-order chi connectivity index (χ1) is 9.65. The number of carbonyl (C=O) groups excluding carboxylic acids is 2. The topological polar surface area (TPSA) is 70.2 Å². The molecule has 0 heterocycles. The van der Waals surface area contributed by atoms with Crippen molar-refractivity contribution in [2.75, 3.05) is 5.32 Å². The van der Waals surface area contributed by atoms with Gasteiger partial charge in [0.05, 0.1) is 0 Å². The van der Waals surface area contributed by atoms with Gasteiger partial charge in [-0.1, -0.05) is 34.1 Å². The number of hydrogen-bond donors (Lipinski definition) is 3. The fraction of sp³-hybridized carbons (Fsp3) is 0. The molecule has 0 spiro atoms. The summed E-state index contributed by atoms with van der Waals surface area (Å²) in [6.45, 7) is 0. The van der Waals surface area contributed by atoms with Crippen molar-refractivity contribution in [1.29, 1.82) is 0 Å². The van der Waals surface area contributed by atoms with E-state index in [0.717, 1.165) is 4.47 Å². The lowest BCUT2D eigenvalue weighted by Crippen LogP contribution is -2.43. The second kappa shape index (κ2) is 6.72. The molecule has 0 aliphatic carbocycles. The summed E-state index contributed by atoms with van der Waals surface area (Å²) in [6.07, 6.45) is 0. The van der Waals surface area contributed by atoms with Crippen molar-refractivity contribution < 1.29 is 9.59 Å². The molecule has 0 saturated heterocycles. The van der Waals surface area contributed by atoms with Crippen molar-refractivity contribution in [3.8, 4) is 0 Å². The van der Waals surface area contributed by atoms with Crippen molar-refractivity contribution >= 4 is 33.6 Å². The minimum Gasteiger partial charge on any atom is -0.307 e. The van der Waals surface area contributed by atoms with Gasteiger partial charge in [-0.05, 0) is 36.4 Å². The Bertz CT molecular complexity index is 600. The molecule has 0 aliphatic rings. The van der Waals surface area contributed by atoms with Gasteiger partial charge in [-0.25, -0.2) is 10.2 Å². The molecule has 102 valence electrons. The Morgan fingerprint density at radius 3 is 2.15 bits per heavy atom. The van der Waals surface area contributed by atoms with Crippen LogP contribution in [-0.2, 0) is 0 Å². The van der Waals surface area contributed by atoms with E-state index >= 15 is 0 Å². The first-order valence-corrected chi connectivity index (χ1v) is 6.62. The number of hydrazine groups is 1. The Morgan fingerprint density at radius 1 is 0.850 bits per heavy atom. The average molecular weight is 334 g/mol. The Morgan fingerprint density at radius 2 is 1.50 bits per heavy atom. The van der Waals surface area contributed by atoms with Crippen molar-refractivity contribution in [2.24, 2.45) is 0 Å². The van der Waals surface area contributed by atoms with E-state index in [1.165, 1.54) is 0 Å². The monoisotopic (exact) mass is 333 g/mol. The SMILES string of the molecule is O=C(NNC(=O)c1ccc(Br)cc1)Nc1ccccc1. The van der Waals surface area contributed by atoms with Gasteiger partial charge in [0, 0.05) is 15.7 Å². The number of para-hydroxylation sites is 1. The normalized spacial score (nSPS) is 9.65. The predicted molar refractivity (Wildman–Crippen MR) is 80.2 cm³/mol. The molecular weight excluding hydrogens is 322 g/mol. The molecule has 3 amide bonds. The highest BCUT2D eigenvalue weighted by Crippen LogP contribution is 2.10. The van der Waals surface area contributed by atoms with Gasteiger partial charge in [-0.3, -0.25) is 10.2 Å². The van der Waals surface area contributed by atoms with Crippen LogP contribution in [0.4, 0.5) is 10.5 Å². The number of urea groups is 1. The zero-order valence-corrected chi connectivity index (χ0v) is 12.0. The zero-order chi connectivity index (χ0) is 14.4. The summed E-state index contributed by atoms with van der Waals surface area (Å²) in [5.41, 5.74) is 5.70. The highest BCUT2D eigenvalue weighted by Gasteiger charge is 2.06. The standard InChI is InChI=1S/C14H12BrN3O2/c15-11-8-6-10(7-9-11)13(19)17-18-14(20)16-12-4-2-1-3-5-12/h1-9H,(H,17,19)(H2,16,18,20). The fourth-order valence-electron chi connectivity index (χ4n) is 1.47. The maximum Gasteiger partial charge on any atom is 0.337 e. The van der Waals surface area contributed by atoms with Gasteiger partial charge < -0.3 is 5.32 Å². The molecule has 6 heteroatoms. The summed E-state index contributed by atoms with van der Waals surface area (Å²) >= 11 is 3.28. The lowest BCUT2D eigenvalue weighted by Gasteiger charge is -2.09. The van der Waals surface area contributed by atoms with E-state index < -0.39 is 6.03 Å². The zero-order valence-electron chi connectivity index (χ0n) is 10.4. The maximum absolute atomic E-state index is 11.7. The number of nitrogens with one attached hydrogen (secondary N) is 3. The van der Waals surface area contributed by atoms with Gasteiger partial charge in [0.25, 0.3) is 5.91 Å². The largest absolute Gasteiger partial charge is 0.337 e. The van der Waals surface area contributed by atoms with E-state index in [1.54, 1.807) is 48.5 Å². The lowest BCUT2D eigenvalue weighted by atomic mass is 10.2. The number of amides is 3. The molecule has 3 N–H and O–H groups in total. The molecule has 2 aromatic carbocycles. The number of rotatable bonds is 2. The highest BCUT2D eigenvalue weighted by atomic mass is 79.9. The van der Waals surface area contributed by atoms with Crippen LogP contribution < -0.4 is 16.2 Å². The molecule has 5 nitrogen and oxygen atoms in total. The van der Waals surface area contributed by atoms with E-state index in [4.69, 9.17) is 0 Å². The maximum atomic E-state index is 11.7. The van der Waals surface area contributed by atoms with Gasteiger partial charge in [-0.15, -0.1) is 0 Å². The van der Waals surface area contributed by atoms with Crippen LogP contribution in [0.15, 0.2) is 59.1 Å². The number of hydrogen-bond acceptors (Lipinski definition) is 2. The summed E-state index contributed by atoms with van der Waals surface area (Å²) in [5.74, 6) is -0.388. The molecule has 2 aromatic rings. The molecule has 0 aliphatic heterocycles. The molecule has 0 aromatic heterocycles. The van der Waals surface area contributed by atoms with E-state index in [2.05, 4.69) is 32.1 Å². The minimum atomic E-state index is -0.512. The van der Waals surface area contributed by atoms with Crippen LogP contribution >= 0.6 is 15.9 Å². The van der Waals surface area contributed by atoms with E-state index in [9.17, 15) is 9.59 Å². The number of anilines is 1. The summed E-state index contributed by atoms with van der Waals surface area (Å²) in [4.78, 5) is 23.3. The van der Waals surface area contributed by atoms with Crippen molar-refractivity contribution in [3.63, 3.8) is 0 Å². The first-order valence-electron chi connectivity index (χ1n) is 5.83. The van der Waals surface area contributed by atoms with Crippen LogP contribution in [0.25, 0.3) is 0 Å². The van der Waals surface area contributed by atoms with E-state index in [1.807, 2.05) is 6.07 Å². The number of carbonyl (C=O) groups is 2. The molecular formula is C14H12BrN3O2. The molecule has 0 bridgehead atoms. The number of benzene rings is 2. The van der Waals surface area contributed by atoms with E-state index in [-0.39, 0.29) is 5.91 Å². The van der Waals surface area contributed by atoms with Crippen molar-refractivity contribution in [2.45, 2.75) is 0 Å². The predicted octanol–water partition coefficient (Wildman–Crippen LogP) is 2.92. The molecule has 2 rings (SSSR count). The van der Waals surface area contributed by atoms with Crippen molar-refractivity contribution in [1.82, 2.24) is 10.9 Å². The number of halogens is 1. The van der Waals surface area contributed by atoms with Crippen LogP contribution in [0.2, 0.25) is 0 Å². The Labute approximate surface area is 124 Å². The minimum absolute atomic E-state index is 0.388. The molecule has 0 atom stereocenters. The summed E-state index contributed by atoms with van der Waals surface area (Å²) in [6, 6.07) is 15.2. The first kappa shape index (κ1) is 14.1. The van der Waals surface area contributed by atoms with Gasteiger partial charge in [0.15, 0.2) is 0 Å². The summed E-state index contributed by atoms with van der Waals surface area (Å²) in [5, 5.41) is 2.59. The van der Waals surface area contributed by atoms with Crippen molar-refractivity contribution in [3.05, 3.63) is 64.6 Å². The van der Waals surface area contributed by atoms with E-state index in [0.29, 0.717) is 11.3 Å². The lowest BCUT2D eigenvalue weighted by molar-refractivity contribution is 0.0938. The van der Waals surface area contributed by atoms with Crippen LogP contribution in [0.1, 0.15) is 10.4 Å². The van der Waals surface area contributed by atoms with Crippen LogP contribution in [-0.4, -0.2) is 11.9 Å². The molecule has 0 saturated carbocycles. The van der Waals surface area contributed by atoms with Gasteiger partial charge in [-0.2, -0.15) is 0 Å².